The van der Waals surface area contributed by atoms with E-state index in [2.05, 4.69) is 15.6 Å². The van der Waals surface area contributed by atoms with Crippen molar-refractivity contribution in [3.63, 3.8) is 0 Å². The quantitative estimate of drug-likeness (QED) is 0.337. The highest BCUT2D eigenvalue weighted by atomic mass is 16.5. The molecule has 10 heteroatoms. The molecule has 5 rings (SSSR count). The van der Waals surface area contributed by atoms with Crippen molar-refractivity contribution in [2.75, 3.05) is 19.1 Å². The summed E-state index contributed by atoms with van der Waals surface area (Å²) in [5.74, 6) is 1.28. The van der Waals surface area contributed by atoms with E-state index in [1.54, 1.807) is 30.3 Å². The Labute approximate surface area is 226 Å². The number of aryl methyl sites for hydroxylation is 1. The summed E-state index contributed by atoms with van der Waals surface area (Å²) in [5.41, 5.74) is 1.82. The lowest BCUT2D eigenvalue weighted by atomic mass is 9.95. The minimum atomic E-state index is -1.07. The van der Waals surface area contributed by atoms with Gasteiger partial charge >= 0.3 is 0 Å². The third-order valence-electron chi connectivity index (χ3n) is 7.08. The van der Waals surface area contributed by atoms with Gasteiger partial charge in [-0.05, 0) is 44.0 Å². The maximum absolute atomic E-state index is 14.2. The second-order valence-electron chi connectivity index (χ2n) is 9.76. The van der Waals surface area contributed by atoms with Crippen LogP contribution in [0.4, 0.5) is 5.69 Å². The number of furan rings is 1. The molecule has 0 radical (unpaired) electrons. The minimum Gasteiger partial charge on any atom is -0.497 e. The molecule has 1 fully saturated rings. The molecule has 0 bridgehead atoms. The molecule has 10 nitrogen and oxygen atoms in total. The van der Waals surface area contributed by atoms with Gasteiger partial charge in [0.15, 0.2) is 6.04 Å². The van der Waals surface area contributed by atoms with E-state index in [0.29, 0.717) is 39.7 Å². The molecule has 4 aromatic rings. The smallest absolute Gasteiger partial charge is 0.251 e. The van der Waals surface area contributed by atoms with E-state index in [-0.39, 0.29) is 24.4 Å². The number of nitrogens with one attached hydrogen (secondary N) is 1. The van der Waals surface area contributed by atoms with Gasteiger partial charge < -0.3 is 19.2 Å². The average Bonchev–Trinajstić information content (AvgIpc) is 3.57. The second kappa shape index (κ2) is 11.6. The van der Waals surface area contributed by atoms with Crippen LogP contribution in [0.3, 0.4) is 0 Å². The van der Waals surface area contributed by atoms with E-state index in [1.165, 1.54) is 23.8 Å². The van der Waals surface area contributed by atoms with E-state index < -0.39 is 6.04 Å². The zero-order valence-corrected chi connectivity index (χ0v) is 22.4. The van der Waals surface area contributed by atoms with Gasteiger partial charge in [0.05, 0.1) is 25.4 Å². The molecule has 0 saturated heterocycles. The number of anilines is 1. The van der Waals surface area contributed by atoms with Gasteiger partial charge in [-0.25, -0.2) is 4.68 Å². The number of carbonyl (C=O) groups is 2. The molecular weight excluding hydrogens is 498 g/mol. The molecule has 39 heavy (non-hydrogen) atoms. The van der Waals surface area contributed by atoms with E-state index >= 15 is 0 Å². The molecule has 1 saturated carbocycles. The number of nitrogens with zero attached hydrogens (tertiary/aromatic N) is 4. The summed E-state index contributed by atoms with van der Waals surface area (Å²) in [5, 5.41) is 11.6. The molecule has 1 unspecified atom stereocenters. The Bertz CT molecular complexity index is 1430. The van der Waals surface area contributed by atoms with Gasteiger partial charge in [-0.3, -0.25) is 14.5 Å². The van der Waals surface area contributed by atoms with Crippen molar-refractivity contribution in [3.8, 4) is 11.5 Å². The highest BCUT2D eigenvalue weighted by Gasteiger charge is 2.37. The van der Waals surface area contributed by atoms with Crippen LogP contribution in [0.15, 0.2) is 59.0 Å². The van der Waals surface area contributed by atoms with Gasteiger partial charge in [-0.15, -0.1) is 5.10 Å². The topological polar surface area (TPSA) is 112 Å². The summed E-state index contributed by atoms with van der Waals surface area (Å²) < 4.78 is 18.5. The molecule has 1 N–H and O–H groups in total. The molecule has 2 amide bonds. The fourth-order valence-electron chi connectivity index (χ4n) is 5.11. The van der Waals surface area contributed by atoms with Gasteiger partial charge in [-0.1, -0.05) is 36.6 Å². The first-order valence-corrected chi connectivity index (χ1v) is 13.2. The number of hydrogen-bond donors (Lipinski definition) is 1. The van der Waals surface area contributed by atoms with E-state index in [9.17, 15) is 9.59 Å². The monoisotopic (exact) mass is 531 g/mol. The lowest BCUT2D eigenvalue weighted by Crippen LogP contribution is -2.48. The molecule has 2 heterocycles. The normalized spacial score (nSPS) is 14.6. The van der Waals surface area contributed by atoms with Crippen LogP contribution in [0.5, 0.6) is 11.5 Å². The first-order chi connectivity index (χ1) is 19.0. The van der Waals surface area contributed by atoms with Crippen LogP contribution in [0.25, 0.3) is 11.0 Å². The first-order valence-electron chi connectivity index (χ1n) is 13.2. The molecule has 204 valence electrons. The second-order valence-corrected chi connectivity index (χ2v) is 9.76. The summed E-state index contributed by atoms with van der Waals surface area (Å²) in [6.45, 7) is 1.66. The van der Waals surface area contributed by atoms with Crippen molar-refractivity contribution >= 4 is 28.5 Å². The molecule has 0 spiro atoms. The van der Waals surface area contributed by atoms with Crippen molar-refractivity contribution in [2.24, 2.45) is 0 Å². The molecule has 1 aliphatic rings. The molecule has 1 aliphatic carbocycles. The van der Waals surface area contributed by atoms with Crippen molar-refractivity contribution in [3.05, 3.63) is 66.1 Å². The number of carbonyl (C=O) groups excluding carboxylic acids is 2. The molecule has 2 aromatic heterocycles. The highest BCUT2D eigenvalue weighted by molar-refractivity contribution is 6.01. The first kappa shape index (κ1) is 26.3. The number of ether oxygens (including phenoxy) is 2. The molecule has 0 aliphatic heterocycles. The highest BCUT2D eigenvalue weighted by Crippen LogP contribution is 2.35. The number of benzene rings is 2. The number of methoxy groups -OCH3 is 2. The number of fused-ring (bicyclic) bond motifs is 1. The Morgan fingerprint density at radius 3 is 2.44 bits per heavy atom. The third-order valence-corrected chi connectivity index (χ3v) is 7.08. The predicted octanol–water partition coefficient (Wildman–Crippen LogP) is 4.57. The van der Waals surface area contributed by atoms with Crippen molar-refractivity contribution in [1.82, 2.24) is 20.3 Å². The van der Waals surface area contributed by atoms with Gasteiger partial charge in [0, 0.05) is 24.2 Å². The number of amides is 2. The summed E-state index contributed by atoms with van der Waals surface area (Å²) in [6, 6.07) is 15.0. The van der Waals surface area contributed by atoms with E-state index in [0.717, 1.165) is 32.1 Å². The van der Waals surface area contributed by atoms with Gasteiger partial charge in [-0.2, -0.15) is 0 Å². The van der Waals surface area contributed by atoms with Crippen LogP contribution >= 0.6 is 0 Å². The van der Waals surface area contributed by atoms with Gasteiger partial charge in [0.2, 0.25) is 5.91 Å². The van der Waals surface area contributed by atoms with E-state index in [1.807, 2.05) is 31.2 Å². The Morgan fingerprint density at radius 2 is 1.77 bits per heavy atom. The zero-order valence-electron chi connectivity index (χ0n) is 22.4. The number of rotatable bonds is 9. The zero-order chi connectivity index (χ0) is 27.4. The summed E-state index contributed by atoms with van der Waals surface area (Å²) in [6.07, 6.45) is 5.09. The van der Waals surface area contributed by atoms with Gasteiger partial charge in [0.25, 0.3) is 5.91 Å². The minimum absolute atomic E-state index is 0.0425. The number of aromatic nitrogens is 3. The molecular formula is C29H33N5O5. The predicted molar refractivity (Wildman–Crippen MR) is 146 cm³/mol. The Balaban J connectivity index is 1.59. The summed E-state index contributed by atoms with van der Waals surface area (Å²) in [7, 11) is 3.07. The van der Waals surface area contributed by atoms with Crippen LogP contribution in [-0.4, -0.2) is 47.1 Å². The Hall–Kier alpha value is -4.34. The summed E-state index contributed by atoms with van der Waals surface area (Å²) in [4.78, 5) is 29.7. The fraction of sp³-hybridized carbons (Fsp3) is 0.379. The van der Waals surface area contributed by atoms with Crippen LogP contribution < -0.4 is 19.7 Å². The number of para-hydroxylation sites is 1. The van der Waals surface area contributed by atoms with Crippen molar-refractivity contribution in [1.29, 1.82) is 0 Å². The average molecular weight is 532 g/mol. The number of hydrogen-bond acceptors (Lipinski definition) is 7. The lowest BCUT2D eigenvalue weighted by molar-refractivity contribution is -0.128. The maximum atomic E-state index is 14.2. The standard InChI is InChI=1S/C29H33N5O5/c1-19-13-14-26(39-19)28(29(36)30-20-9-5-4-6-10-20)34(21-15-22(37-2)17-23(16-21)38-3)27(35)18-33-25-12-8-7-11-24(25)31-32-33/h7-8,11-17,20,28H,4-6,9-10,18H2,1-3H3,(H,30,36). The lowest BCUT2D eigenvalue weighted by Gasteiger charge is -2.32. The van der Waals surface area contributed by atoms with Crippen LogP contribution in [0, 0.1) is 6.92 Å². The van der Waals surface area contributed by atoms with Crippen LogP contribution in [0.2, 0.25) is 0 Å². The van der Waals surface area contributed by atoms with Gasteiger partial charge in [0.1, 0.15) is 35.1 Å². The largest absolute Gasteiger partial charge is 0.497 e. The van der Waals surface area contributed by atoms with Crippen LogP contribution in [-0.2, 0) is 16.1 Å². The Morgan fingerprint density at radius 1 is 1.05 bits per heavy atom. The molecule has 2 aromatic carbocycles. The molecule has 1 atom stereocenters. The Kier molecular flexibility index (Phi) is 7.81. The third kappa shape index (κ3) is 5.74. The summed E-state index contributed by atoms with van der Waals surface area (Å²) >= 11 is 0. The van der Waals surface area contributed by atoms with E-state index in [4.69, 9.17) is 13.9 Å². The van der Waals surface area contributed by atoms with Crippen molar-refractivity contribution in [2.45, 2.75) is 57.7 Å². The fourth-order valence-corrected chi connectivity index (χ4v) is 5.11. The van der Waals surface area contributed by atoms with Crippen LogP contribution in [0.1, 0.15) is 49.7 Å². The SMILES string of the molecule is COc1cc(OC)cc(N(C(=O)Cn2nnc3ccccc32)C(C(=O)NC2CCCCC2)c2ccc(C)o2)c1. The van der Waals surface area contributed by atoms with Crippen molar-refractivity contribution < 1.29 is 23.5 Å². The maximum Gasteiger partial charge on any atom is 0.251 e.